The maximum Gasteiger partial charge on any atom is 0.418 e. The maximum atomic E-state index is 13.3. The molecule has 0 fully saturated rings. The van der Waals surface area contributed by atoms with Crippen molar-refractivity contribution in [2.45, 2.75) is 32.9 Å². The first-order valence-electron chi connectivity index (χ1n) is 8.74. The van der Waals surface area contributed by atoms with Crippen LogP contribution < -0.4 is 15.4 Å². The third kappa shape index (κ3) is 6.98. The minimum absolute atomic E-state index is 0.00504. The van der Waals surface area contributed by atoms with Gasteiger partial charge in [0.05, 0.1) is 17.9 Å². The molecule has 0 heterocycles. The lowest BCUT2D eigenvalue weighted by molar-refractivity contribution is -0.137. The molecule has 2 N–H and O–H groups in total. The number of anilines is 2. The van der Waals surface area contributed by atoms with Crippen LogP contribution in [0.3, 0.4) is 0 Å². The van der Waals surface area contributed by atoms with Crippen molar-refractivity contribution < 1.29 is 27.5 Å². The molecule has 0 spiro atoms. The molecule has 0 radical (unpaired) electrons. The van der Waals surface area contributed by atoms with Gasteiger partial charge in [0.1, 0.15) is 5.75 Å². The standard InChI is InChI=1S/C20H20ClF3N2O3/c1-12-10-14(21)5-8-18(12)29-9-3-4-19(28)26-17-7-6-15(25-13(2)27)11-16(17)20(22,23)24/h5-8,10-11H,3-4,9H2,1-2H3,(H,25,27)(H,26,28). The lowest BCUT2D eigenvalue weighted by Crippen LogP contribution is -2.18. The number of carbonyl (C=O) groups excluding carboxylic acids is 2. The second-order valence-corrected chi connectivity index (χ2v) is 6.79. The van der Waals surface area contributed by atoms with Crippen molar-refractivity contribution in [3.8, 4) is 5.75 Å². The fourth-order valence-corrected chi connectivity index (χ4v) is 2.80. The van der Waals surface area contributed by atoms with Gasteiger partial charge in [-0.15, -0.1) is 0 Å². The molecule has 0 aliphatic carbocycles. The van der Waals surface area contributed by atoms with Crippen LogP contribution in [-0.4, -0.2) is 18.4 Å². The predicted molar refractivity (Wildman–Crippen MR) is 105 cm³/mol. The van der Waals surface area contributed by atoms with Crippen molar-refractivity contribution in [1.82, 2.24) is 0 Å². The molecule has 9 heteroatoms. The SMILES string of the molecule is CC(=O)Nc1ccc(NC(=O)CCCOc2ccc(Cl)cc2C)c(C(F)(F)F)c1. The molecule has 29 heavy (non-hydrogen) atoms. The molecular formula is C20H20ClF3N2O3. The number of hydrogen-bond donors (Lipinski definition) is 2. The second-order valence-electron chi connectivity index (χ2n) is 6.35. The number of hydrogen-bond acceptors (Lipinski definition) is 3. The Hall–Kier alpha value is -2.74. The monoisotopic (exact) mass is 428 g/mol. The van der Waals surface area contributed by atoms with Gasteiger partial charge in [0, 0.05) is 24.1 Å². The van der Waals surface area contributed by atoms with E-state index in [9.17, 15) is 22.8 Å². The van der Waals surface area contributed by atoms with Gasteiger partial charge in [0.15, 0.2) is 0 Å². The summed E-state index contributed by atoms with van der Waals surface area (Å²) in [6, 6.07) is 8.32. The first-order valence-corrected chi connectivity index (χ1v) is 9.11. The van der Waals surface area contributed by atoms with Crippen LogP contribution in [0.15, 0.2) is 36.4 Å². The largest absolute Gasteiger partial charge is 0.493 e. The number of amides is 2. The zero-order valence-electron chi connectivity index (χ0n) is 15.8. The molecule has 0 aromatic heterocycles. The van der Waals surface area contributed by atoms with Gasteiger partial charge in [-0.05, 0) is 55.3 Å². The fourth-order valence-electron chi connectivity index (χ4n) is 2.57. The number of ether oxygens (including phenoxy) is 1. The number of nitrogens with one attached hydrogen (secondary N) is 2. The van der Waals surface area contributed by atoms with E-state index in [0.29, 0.717) is 17.2 Å². The Morgan fingerprint density at radius 1 is 1.10 bits per heavy atom. The van der Waals surface area contributed by atoms with Crippen LogP contribution in [0.2, 0.25) is 5.02 Å². The molecule has 2 amide bonds. The highest BCUT2D eigenvalue weighted by Crippen LogP contribution is 2.36. The lowest BCUT2D eigenvalue weighted by atomic mass is 10.1. The van der Waals surface area contributed by atoms with Gasteiger partial charge in [-0.25, -0.2) is 0 Å². The summed E-state index contributed by atoms with van der Waals surface area (Å²) in [7, 11) is 0. The van der Waals surface area contributed by atoms with Gasteiger partial charge in [-0.2, -0.15) is 13.2 Å². The fraction of sp³-hybridized carbons (Fsp3) is 0.300. The molecule has 156 valence electrons. The number of halogens is 4. The van der Waals surface area contributed by atoms with Crippen molar-refractivity contribution >= 4 is 34.8 Å². The highest BCUT2D eigenvalue weighted by molar-refractivity contribution is 6.30. The minimum atomic E-state index is -4.69. The summed E-state index contributed by atoms with van der Waals surface area (Å²) in [5.74, 6) is -0.437. The lowest BCUT2D eigenvalue weighted by Gasteiger charge is -2.15. The van der Waals surface area contributed by atoms with E-state index < -0.39 is 23.6 Å². The highest BCUT2D eigenvalue weighted by Gasteiger charge is 2.34. The average molecular weight is 429 g/mol. The Morgan fingerprint density at radius 2 is 1.83 bits per heavy atom. The summed E-state index contributed by atoms with van der Waals surface area (Å²) in [5, 5.41) is 5.14. The molecule has 0 bridgehead atoms. The molecule has 2 rings (SSSR count). The Labute approximate surface area is 171 Å². The smallest absolute Gasteiger partial charge is 0.418 e. The highest BCUT2D eigenvalue weighted by atomic mass is 35.5. The van der Waals surface area contributed by atoms with Gasteiger partial charge < -0.3 is 15.4 Å². The van der Waals surface area contributed by atoms with E-state index in [1.165, 1.54) is 13.0 Å². The molecule has 0 aliphatic rings. The first-order chi connectivity index (χ1) is 13.6. The van der Waals surface area contributed by atoms with Crippen molar-refractivity contribution in [2.75, 3.05) is 17.2 Å². The number of benzene rings is 2. The van der Waals surface area contributed by atoms with Gasteiger partial charge in [0.2, 0.25) is 11.8 Å². The van der Waals surface area contributed by atoms with Crippen LogP contribution in [-0.2, 0) is 15.8 Å². The van der Waals surface area contributed by atoms with Crippen molar-refractivity contribution in [1.29, 1.82) is 0 Å². The van der Waals surface area contributed by atoms with Crippen LogP contribution in [0.5, 0.6) is 5.75 Å². The van der Waals surface area contributed by atoms with Crippen LogP contribution in [0.25, 0.3) is 0 Å². The molecule has 0 aliphatic heterocycles. The zero-order chi connectivity index (χ0) is 21.6. The van der Waals surface area contributed by atoms with Crippen LogP contribution in [0.1, 0.15) is 30.9 Å². The summed E-state index contributed by atoms with van der Waals surface area (Å²) < 4.78 is 45.4. The number of carbonyl (C=O) groups is 2. The number of rotatable bonds is 7. The predicted octanol–water partition coefficient (Wildman–Crippen LogP) is 5.42. The molecule has 0 unspecified atom stereocenters. The van der Waals surface area contributed by atoms with E-state index in [4.69, 9.17) is 16.3 Å². The van der Waals surface area contributed by atoms with Gasteiger partial charge >= 0.3 is 6.18 Å². The third-order valence-electron chi connectivity index (χ3n) is 3.86. The zero-order valence-corrected chi connectivity index (χ0v) is 16.6. The summed E-state index contributed by atoms with van der Waals surface area (Å²) in [5.41, 5.74) is -0.568. The third-order valence-corrected chi connectivity index (χ3v) is 4.10. The van der Waals surface area contributed by atoms with E-state index in [2.05, 4.69) is 10.6 Å². The van der Waals surface area contributed by atoms with Crippen LogP contribution in [0, 0.1) is 6.92 Å². The Morgan fingerprint density at radius 3 is 2.45 bits per heavy atom. The van der Waals surface area contributed by atoms with Gasteiger partial charge in [-0.1, -0.05) is 11.6 Å². The van der Waals surface area contributed by atoms with Gasteiger partial charge in [-0.3, -0.25) is 9.59 Å². The van der Waals surface area contributed by atoms with E-state index >= 15 is 0 Å². The maximum absolute atomic E-state index is 13.3. The Kier molecular flexibility index (Phi) is 7.50. The quantitative estimate of drug-likeness (QED) is 0.578. The minimum Gasteiger partial charge on any atom is -0.493 e. The van der Waals surface area contributed by atoms with Crippen LogP contribution >= 0.6 is 11.6 Å². The van der Waals surface area contributed by atoms with E-state index in [-0.39, 0.29) is 24.4 Å². The summed E-state index contributed by atoms with van der Waals surface area (Å²) in [6.07, 6.45) is -4.39. The Balaban J connectivity index is 1.94. The molecule has 0 saturated carbocycles. The van der Waals surface area contributed by atoms with Crippen LogP contribution in [0.4, 0.5) is 24.5 Å². The summed E-state index contributed by atoms with van der Waals surface area (Å²) in [4.78, 5) is 23.1. The van der Waals surface area contributed by atoms with Crippen molar-refractivity contribution in [3.05, 3.63) is 52.5 Å². The second kappa shape index (κ2) is 9.65. The topological polar surface area (TPSA) is 67.4 Å². The average Bonchev–Trinajstić information content (AvgIpc) is 2.60. The van der Waals surface area contributed by atoms with Crippen molar-refractivity contribution in [3.63, 3.8) is 0 Å². The summed E-state index contributed by atoms with van der Waals surface area (Å²) in [6.45, 7) is 3.25. The molecule has 0 saturated heterocycles. The normalized spacial score (nSPS) is 11.1. The van der Waals surface area contributed by atoms with E-state index in [1.807, 2.05) is 6.92 Å². The Bertz CT molecular complexity index is 901. The van der Waals surface area contributed by atoms with Gasteiger partial charge in [0.25, 0.3) is 0 Å². The molecular weight excluding hydrogens is 409 g/mol. The van der Waals surface area contributed by atoms with E-state index in [0.717, 1.165) is 17.7 Å². The molecule has 2 aromatic carbocycles. The number of aryl methyl sites for hydroxylation is 1. The van der Waals surface area contributed by atoms with E-state index in [1.54, 1.807) is 18.2 Å². The molecule has 2 aromatic rings. The van der Waals surface area contributed by atoms with Crippen molar-refractivity contribution in [2.24, 2.45) is 0 Å². The first kappa shape index (κ1) is 22.5. The number of alkyl halides is 3. The molecule has 0 atom stereocenters. The molecule has 5 nitrogen and oxygen atoms in total. The summed E-state index contributed by atoms with van der Waals surface area (Å²) >= 11 is 5.87.